The fourth-order valence-corrected chi connectivity index (χ4v) is 3.25. The van der Waals surface area contributed by atoms with Gasteiger partial charge in [-0.05, 0) is 51.4 Å². The Morgan fingerprint density at radius 1 is 1.43 bits per heavy atom. The third kappa shape index (κ3) is 4.77. The molecule has 1 N–H and O–H groups in total. The van der Waals surface area contributed by atoms with Crippen LogP contribution >= 0.6 is 0 Å². The molecular weight excluding hydrogens is 267 g/mol. The summed E-state index contributed by atoms with van der Waals surface area (Å²) >= 11 is 0. The van der Waals surface area contributed by atoms with Crippen LogP contribution in [0.1, 0.15) is 30.9 Å². The van der Waals surface area contributed by atoms with Crippen molar-refractivity contribution in [1.82, 2.24) is 10.2 Å². The van der Waals surface area contributed by atoms with Crippen LogP contribution in [0.5, 0.6) is 0 Å². The Morgan fingerprint density at radius 3 is 2.95 bits per heavy atom. The number of piperidine rings is 1. The number of halogens is 1. The Hall–Kier alpha value is -0.970. The molecule has 2 rings (SSSR count). The predicted molar refractivity (Wildman–Crippen MR) is 83.9 cm³/mol. The number of hydrogen-bond donors (Lipinski definition) is 1. The summed E-state index contributed by atoms with van der Waals surface area (Å²) < 4.78 is 19.2. The second-order valence-electron chi connectivity index (χ2n) is 5.92. The van der Waals surface area contributed by atoms with Crippen molar-refractivity contribution >= 4 is 0 Å². The Balaban J connectivity index is 1.87. The van der Waals surface area contributed by atoms with Crippen molar-refractivity contribution in [1.29, 1.82) is 0 Å². The van der Waals surface area contributed by atoms with E-state index in [9.17, 15) is 4.39 Å². The Morgan fingerprint density at radius 2 is 2.24 bits per heavy atom. The summed E-state index contributed by atoms with van der Waals surface area (Å²) in [5.41, 5.74) is 0.769. The molecule has 118 valence electrons. The fourth-order valence-electron chi connectivity index (χ4n) is 3.25. The van der Waals surface area contributed by atoms with E-state index in [1.54, 1.807) is 13.2 Å². The maximum Gasteiger partial charge on any atom is 0.127 e. The number of nitrogens with zero attached hydrogens (tertiary/aromatic N) is 1. The zero-order chi connectivity index (χ0) is 15.1. The zero-order valence-electron chi connectivity index (χ0n) is 13.1. The Kier molecular flexibility index (Phi) is 6.61. The molecule has 1 fully saturated rings. The van der Waals surface area contributed by atoms with Crippen LogP contribution in [-0.4, -0.2) is 45.3 Å². The van der Waals surface area contributed by atoms with Gasteiger partial charge in [0.2, 0.25) is 0 Å². The first kappa shape index (κ1) is 16.4. The van der Waals surface area contributed by atoms with Gasteiger partial charge in [-0.3, -0.25) is 0 Å². The number of rotatable bonds is 7. The second-order valence-corrected chi connectivity index (χ2v) is 5.92. The van der Waals surface area contributed by atoms with Gasteiger partial charge >= 0.3 is 0 Å². The van der Waals surface area contributed by atoms with Gasteiger partial charge in [-0.1, -0.05) is 18.2 Å². The van der Waals surface area contributed by atoms with Crippen LogP contribution in [0.4, 0.5) is 4.39 Å². The van der Waals surface area contributed by atoms with Crippen molar-refractivity contribution in [3.63, 3.8) is 0 Å². The zero-order valence-corrected chi connectivity index (χ0v) is 13.1. The van der Waals surface area contributed by atoms with Gasteiger partial charge in [0.25, 0.3) is 0 Å². The molecule has 1 saturated heterocycles. The highest BCUT2D eigenvalue weighted by Gasteiger charge is 2.21. The maximum atomic E-state index is 13.9. The molecule has 4 heteroatoms. The highest BCUT2D eigenvalue weighted by Crippen LogP contribution is 2.22. The van der Waals surface area contributed by atoms with Gasteiger partial charge in [0, 0.05) is 25.3 Å². The van der Waals surface area contributed by atoms with E-state index >= 15 is 0 Å². The number of hydrogen-bond acceptors (Lipinski definition) is 3. The van der Waals surface area contributed by atoms with E-state index in [0.29, 0.717) is 5.92 Å². The molecule has 0 aromatic heterocycles. The molecule has 0 radical (unpaired) electrons. The van der Waals surface area contributed by atoms with Crippen molar-refractivity contribution in [2.45, 2.75) is 25.3 Å². The molecule has 0 spiro atoms. The lowest BCUT2D eigenvalue weighted by molar-refractivity contribution is 0.0887. The third-order valence-electron chi connectivity index (χ3n) is 4.37. The van der Waals surface area contributed by atoms with E-state index in [0.717, 1.165) is 38.2 Å². The van der Waals surface area contributed by atoms with E-state index < -0.39 is 0 Å². The van der Waals surface area contributed by atoms with Crippen molar-refractivity contribution < 1.29 is 9.13 Å². The van der Waals surface area contributed by atoms with Gasteiger partial charge in [-0.2, -0.15) is 0 Å². The maximum absolute atomic E-state index is 13.9. The van der Waals surface area contributed by atoms with E-state index in [4.69, 9.17) is 4.74 Å². The molecule has 21 heavy (non-hydrogen) atoms. The third-order valence-corrected chi connectivity index (χ3v) is 4.37. The Bertz CT molecular complexity index is 425. The lowest BCUT2D eigenvalue weighted by atomic mass is 9.97. The minimum atomic E-state index is -0.118. The molecule has 1 aromatic carbocycles. The average molecular weight is 294 g/mol. The highest BCUT2D eigenvalue weighted by molar-refractivity contribution is 5.21. The predicted octanol–water partition coefficient (Wildman–Crippen LogP) is 2.83. The molecule has 1 heterocycles. The van der Waals surface area contributed by atoms with E-state index in [1.807, 2.05) is 19.2 Å². The molecule has 1 aromatic rings. The summed E-state index contributed by atoms with van der Waals surface area (Å²) in [6.07, 6.45) is 3.42. The standard InChI is InChI=1S/C17H27FN2O/c1-19-17(15-7-3-4-8-16(15)18)9-11-20-10-5-6-14(12-20)13-21-2/h3-4,7-8,14,17,19H,5-6,9-13H2,1-2H3. The van der Waals surface area contributed by atoms with E-state index in [1.165, 1.54) is 18.9 Å². The minimum absolute atomic E-state index is 0.0778. The first-order valence-corrected chi connectivity index (χ1v) is 7.87. The smallest absolute Gasteiger partial charge is 0.127 e. The molecule has 2 atom stereocenters. The van der Waals surface area contributed by atoms with Gasteiger partial charge in [0.15, 0.2) is 0 Å². The van der Waals surface area contributed by atoms with E-state index in [2.05, 4.69) is 10.2 Å². The first-order chi connectivity index (χ1) is 10.2. The molecule has 1 aliphatic rings. The SMILES string of the molecule is CNC(CCN1CCCC(COC)C1)c1ccccc1F. The van der Waals surface area contributed by atoms with Crippen molar-refractivity contribution in [2.75, 3.05) is 40.4 Å². The van der Waals surface area contributed by atoms with Crippen LogP contribution in [0.3, 0.4) is 0 Å². The van der Waals surface area contributed by atoms with Crippen molar-refractivity contribution in [2.24, 2.45) is 5.92 Å². The first-order valence-electron chi connectivity index (χ1n) is 7.87. The summed E-state index contributed by atoms with van der Waals surface area (Å²) in [6.45, 7) is 4.09. The minimum Gasteiger partial charge on any atom is -0.384 e. The van der Waals surface area contributed by atoms with Gasteiger partial charge in [0.05, 0.1) is 6.61 Å². The topological polar surface area (TPSA) is 24.5 Å². The normalized spacial score (nSPS) is 21.4. The molecule has 2 unspecified atom stereocenters. The number of ether oxygens (including phenoxy) is 1. The van der Waals surface area contributed by atoms with E-state index in [-0.39, 0.29) is 11.9 Å². The summed E-state index contributed by atoms with van der Waals surface area (Å²) in [5.74, 6) is 0.526. The number of benzene rings is 1. The number of nitrogens with one attached hydrogen (secondary N) is 1. The highest BCUT2D eigenvalue weighted by atomic mass is 19.1. The van der Waals surface area contributed by atoms with Crippen LogP contribution in [0.15, 0.2) is 24.3 Å². The number of methoxy groups -OCH3 is 1. The van der Waals surface area contributed by atoms with Crippen LogP contribution in [-0.2, 0) is 4.74 Å². The van der Waals surface area contributed by atoms with Crippen LogP contribution in [0.25, 0.3) is 0 Å². The van der Waals surface area contributed by atoms with Gasteiger partial charge in [0.1, 0.15) is 5.82 Å². The van der Waals surface area contributed by atoms with Crippen LogP contribution in [0, 0.1) is 11.7 Å². The molecule has 0 bridgehead atoms. The summed E-state index contributed by atoms with van der Waals surface area (Å²) in [6, 6.07) is 7.13. The van der Waals surface area contributed by atoms with Gasteiger partial charge < -0.3 is 15.0 Å². The molecule has 0 saturated carbocycles. The Labute approximate surface area is 127 Å². The van der Waals surface area contributed by atoms with Gasteiger partial charge in [-0.25, -0.2) is 4.39 Å². The summed E-state index contributed by atoms with van der Waals surface area (Å²) in [5, 5.41) is 3.24. The van der Waals surface area contributed by atoms with Crippen molar-refractivity contribution in [3.05, 3.63) is 35.6 Å². The average Bonchev–Trinajstić information content (AvgIpc) is 2.50. The lowest BCUT2D eigenvalue weighted by Crippen LogP contribution is -2.38. The second kappa shape index (κ2) is 8.47. The number of likely N-dealkylation sites (tertiary alicyclic amines) is 1. The molecule has 0 aliphatic carbocycles. The fraction of sp³-hybridized carbons (Fsp3) is 0.647. The van der Waals surface area contributed by atoms with Crippen LogP contribution in [0.2, 0.25) is 0 Å². The summed E-state index contributed by atoms with van der Waals surface area (Å²) in [4.78, 5) is 2.48. The molecule has 1 aliphatic heterocycles. The van der Waals surface area contributed by atoms with Crippen molar-refractivity contribution in [3.8, 4) is 0 Å². The molecule has 0 amide bonds. The van der Waals surface area contributed by atoms with Gasteiger partial charge in [-0.15, -0.1) is 0 Å². The van der Waals surface area contributed by atoms with Crippen LogP contribution < -0.4 is 5.32 Å². The largest absolute Gasteiger partial charge is 0.384 e. The molecular formula is C17H27FN2O. The summed E-state index contributed by atoms with van der Waals surface area (Å²) in [7, 11) is 3.68. The molecule has 3 nitrogen and oxygen atoms in total. The lowest BCUT2D eigenvalue weighted by Gasteiger charge is -2.33. The monoisotopic (exact) mass is 294 g/mol. The quantitative estimate of drug-likeness (QED) is 0.837.